The summed E-state index contributed by atoms with van der Waals surface area (Å²) in [7, 11) is 1.46. The number of fused-ring (bicyclic) bond motifs is 1. The quantitative estimate of drug-likeness (QED) is 0.721. The van der Waals surface area contributed by atoms with Crippen LogP contribution in [0.4, 0.5) is 4.39 Å². The van der Waals surface area contributed by atoms with Crippen molar-refractivity contribution in [1.29, 1.82) is 0 Å². The Morgan fingerprint density at radius 3 is 2.78 bits per heavy atom. The molecule has 0 aliphatic heterocycles. The molecule has 146 valence electrons. The molecular weight excluding hydrogens is 341 g/mol. The Hall–Kier alpha value is -2.07. The second-order valence-corrected chi connectivity index (χ2v) is 7.47. The fourth-order valence-corrected chi connectivity index (χ4v) is 3.96. The summed E-state index contributed by atoms with van der Waals surface area (Å²) in [5.41, 5.74) is 10.2. The third kappa shape index (κ3) is 4.81. The SMILES string of the molecule is CCCC(CN)c1ccc2c(c1)CCC(COc1ccc(F)c(OC)c1)C2. The van der Waals surface area contributed by atoms with Crippen LogP contribution in [0.3, 0.4) is 0 Å². The van der Waals surface area contributed by atoms with Crippen LogP contribution in [0.1, 0.15) is 48.8 Å². The van der Waals surface area contributed by atoms with Gasteiger partial charge in [-0.1, -0.05) is 31.5 Å². The van der Waals surface area contributed by atoms with Crippen LogP contribution in [-0.4, -0.2) is 20.3 Å². The summed E-state index contributed by atoms with van der Waals surface area (Å²) >= 11 is 0. The van der Waals surface area contributed by atoms with Gasteiger partial charge in [0, 0.05) is 6.07 Å². The summed E-state index contributed by atoms with van der Waals surface area (Å²) in [4.78, 5) is 0. The first-order valence-corrected chi connectivity index (χ1v) is 9.92. The zero-order valence-corrected chi connectivity index (χ0v) is 16.3. The van der Waals surface area contributed by atoms with Gasteiger partial charge in [-0.05, 0) is 72.9 Å². The largest absolute Gasteiger partial charge is 0.494 e. The van der Waals surface area contributed by atoms with Gasteiger partial charge < -0.3 is 15.2 Å². The van der Waals surface area contributed by atoms with Crippen LogP contribution in [0, 0.1) is 11.7 Å². The number of ether oxygens (including phenoxy) is 2. The molecule has 2 atom stereocenters. The molecule has 3 nitrogen and oxygen atoms in total. The van der Waals surface area contributed by atoms with E-state index < -0.39 is 0 Å². The Morgan fingerprint density at radius 2 is 2.04 bits per heavy atom. The van der Waals surface area contributed by atoms with Crippen molar-refractivity contribution in [2.24, 2.45) is 11.7 Å². The maximum atomic E-state index is 13.5. The molecule has 2 aromatic carbocycles. The molecule has 0 bridgehead atoms. The van der Waals surface area contributed by atoms with Crippen LogP contribution in [0.25, 0.3) is 0 Å². The van der Waals surface area contributed by atoms with E-state index in [-0.39, 0.29) is 11.6 Å². The smallest absolute Gasteiger partial charge is 0.165 e. The van der Waals surface area contributed by atoms with Crippen molar-refractivity contribution in [2.45, 2.75) is 44.9 Å². The molecule has 0 spiro atoms. The topological polar surface area (TPSA) is 44.5 Å². The van der Waals surface area contributed by atoms with E-state index in [1.54, 1.807) is 12.1 Å². The van der Waals surface area contributed by atoms with Crippen molar-refractivity contribution in [2.75, 3.05) is 20.3 Å². The molecule has 27 heavy (non-hydrogen) atoms. The van der Waals surface area contributed by atoms with Crippen LogP contribution in [0.5, 0.6) is 11.5 Å². The van der Waals surface area contributed by atoms with E-state index in [1.807, 2.05) is 0 Å². The number of hydrogen-bond donors (Lipinski definition) is 1. The summed E-state index contributed by atoms with van der Waals surface area (Å²) < 4.78 is 24.4. The maximum Gasteiger partial charge on any atom is 0.165 e. The molecular formula is C23H30FNO2. The molecule has 2 unspecified atom stereocenters. The van der Waals surface area contributed by atoms with Crippen molar-refractivity contribution in [3.05, 3.63) is 58.9 Å². The minimum atomic E-state index is -0.369. The lowest BCUT2D eigenvalue weighted by Crippen LogP contribution is -2.21. The minimum absolute atomic E-state index is 0.218. The van der Waals surface area contributed by atoms with Crippen LogP contribution < -0.4 is 15.2 Å². The van der Waals surface area contributed by atoms with Gasteiger partial charge in [-0.3, -0.25) is 0 Å². The van der Waals surface area contributed by atoms with E-state index in [0.29, 0.717) is 30.7 Å². The molecule has 2 N–H and O–H groups in total. The zero-order valence-electron chi connectivity index (χ0n) is 16.3. The lowest BCUT2D eigenvalue weighted by Gasteiger charge is -2.26. The van der Waals surface area contributed by atoms with E-state index in [1.165, 1.54) is 29.9 Å². The number of hydrogen-bond acceptors (Lipinski definition) is 3. The molecule has 1 aliphatic carbocycles. The van der Waals surface area contributed by atoms with Crippen molar-refractivity contribution in [3.63, 3.8) is 0 Å². The molecule has 0 saturated carbocycles. The molecule has 0 aromatic heterocycles. The molecule has 0 amide bonds. The predicted octanol–water partition coefficient (Wildman–Crippen LogP) is 4.86. The number of aryl methyl sites for hydroxylation is 1. The summed E-state index contributed by atoms with van der Waals surface area (Å²) in [5, 5.41) is 0. The highest BCUT2D eigenvalue weighted by atomic mass is 19.1. The maximum absolute atomic E-state index is 13.5. The molecule has 1 aliphatic rings. The molecule has 0 heterocycles. The van der Waals surface area contributed by atoms with Gasteiger partial charge in [-0.2, -0.15) is 0 Å². The fourth-order valence-electron chi connectivity index (χ4n) is 3.96. The Bertz CT molecular complexity index is 762. The Morgan fingerprint density at radius 1 is 1.19 bits per heavy atom. The number of benzene rings is 2. The van der Waals surface area contributed by atoms with Gasteiger partial charge in [0.05, 0.1) is 13.7 Å². The molecule has 4 heteroatoms. The lowest BCUT2D eigenvalue weighted by molar-refractivity contribution is 0.233. The number of halogens is 1. The monoisotopic (exact) mass is 371 g/mol. The van der Waals surface area contributed by atoms with Gasteiger partial charge in [-0.25, -0.2) is 4.39 Å². The Kier molecular flexibility index (Phi) is 6.73. The minimum Gasteiger partial charge on any atom is -0.494 e. The third-order valence-corrected chi connectivity index (χ3v) is 5.56. The highest BCUT2D eigenvalue weighted by molar-refractivity contribution is 5.37. The van der Waals surface area contributed by atoms with Crippen molar-refractivity contribution in [3.8, 4) is 11.5 Å². The number of methoxy groups -OCH3 is 1. The molecule has 2 aromatic rings. The molecule has 0 radical (unpaired) electrons. The van der Waals surface area contributed by atoms with Gasteiger partial charge in [0.1, 0.15) is 5.75 Å². The molecule has 3 rings (SSSR count). The van der Waals surface area contributed by atoms with Gasteiger partial charge in [-0.15, -0.1) is 0 Å². The van der Waals surface area contributed by atoms with Crippen LogP contribution in [-0.2, 0) is 12.8 Å². The van der Waals surface area contributed by atoms with Crippen LogP contribution >= 0.6 is 0 Å². The van der Waals surface area contributed by atoms with E-state index >= 15 is 0 Å². The second kappa shape index (κ2) is 9.23. The lowest BCUT2D eigenvalue weighted by atomic mass is 9.82. The van der Waals surface area contributed by atoms with Crippen molar-refractivity contribution < 1.29 is 13.9 Å². The third-order valence-electron chi connectivity index (χ3n) is 5.56. The average Bonchev–Trinajstić information content (AvgIpc) is 2.71. The standard InChI is InChI=1S/C23H30FNO2/c1-3-4-20(14-25)19-8-7-17-11-16(5-6-18(17)12-19)15-27-21-9-10-22(24)23(13-21)26-2/h7-10,12-13,16,20H,3-6,11,14-15,25H2,1-2H3. The highest BCUT2D eigenvalue weighted by Gasteiger charge is 2.21. The van der Waals surface area contributed by atoms with Gasteiger partial charge in [0.25, 0.3) is 0 Å². The van der Waals surface area contributed by atoms with E-state index in [0.717, 1.165) is 32.1 Å². The van der Waals surface area contributed by atoms with E-state index in [9.17, 15) is 4.39 Å². The van der Waals surface area contributed by atoms with Crippen LogP contribution in [0.15, 0.2) is 36.4 Å². The van der Waals surface area contributed by atoms with Crippen LogP contribution in [0.2, 0.25) is 0 Å². The first-order valence-electron chi connectivity index (χ1n) is 9.92. The van der Waals surface area contributed by atoms with E-state index in [2.05, 4.69) is 25.1 Å². The summed E-state index contributed by atoms with van der Waals surface area (Å²) in [5.74, 6) is 1.44. The number of rotatable bonds is 8. The van der Waals surface area contributed by atoms with E-state index in [4.69, 9.17) is 15.2 Å². The van der Waals surface area contributed by atoms with Gasteiger partial charge in [0.15, 0.2) is 11.6 Å². The summed E-state index contributed by atoms with van der Waals surface area (Å²) in [6.45, 7) is 3.56. The average molecular weight is 371 g/mol. The first-order chi connectivity index (χ1) is 13.1. The van der Waals surface area contributed by atoms with Crippen molar-refractivity contribution in [1.82, 2.24) is 0 Å². The first kappa shape index (κ1) is 19.7. The second-order valence-electron chi connectivity index (χ2n) is 7.47. The van der Waals surface area contributed by atoms with Crippen molar-refractivity contribution >= 4 is 0 Å². The summed E-state index contributed by atoms with van der Waals surface area (Å²) in [6, 6.07) is 11.5. The Balaban J connectivity index is 1.61. The highest BCUT2D eigenvalue weighted by Crippen LogP contribution is 2.31. The zero-order chi connectivity index (χ0) is 19.2. The predicted molar refractivity (Wildman–Crippen MR) is 107 cm³/mol. The normalized spacial score (nSPS) is 17.3. The fraction of sp³-hybridized carbons (Fsp3) is 0.478. The van der Waals surface area contributed by atoms with Gasteiger partial charge in [0.2, 0.25) is 0 Å². The Labute approximate surface area is 161 Å². The number of nitrogens with two attached hydrogens (primary N) is 1. The van der Waals surface area contributed by atoms with Gasteiger partial charge >= 0.3 is 0 Å². The summed E-state index contributed by atoms with van der Waals surface area (Å²) in [6.07, 6.45) is 5.51. The molecule has 0 saturated heterocycles. The molecule has 0 fully saturated rings.